The van der Waals surface area contributed by atoms with Crippen LogP contribution in [0.15, 0.2) is 12.7 Å². The van der Waals surface area contributed by atoms with Gasteiger partial charge in [-0.05, 0) is 43.9 Å². The van der Waals surface area contributed by atoms with Crippen LogP contribution in [0.4, 0.5) is 8.78 Å². The fourth-order valence-electron chi connectivity index (χ4n) is 3.08. The third kappa shape index (κ3) is 5.20. The van der Waals surface area contributed by atoms with Crippen molar-refractivity contribution in [2.45, 2.75) is 63.1 Å². The van der Waals surface area contributed by atoms with Crippen LogP contribution in [0, 0.1) is 11.8 Å². The second kappa shape index (κ2) is 9.46. The molecule has 0 saturated heterocycles. The molecule has 4 unspecified atom stereocenters. The SMILES string of the molecule is C=CC1CCC(COC2CCC([O-])C(F)C2F)CC1.[Rb+]. The van der Waals surface area contributed by atoms with Gasteiger partial charge in [-0.15, -0.1) is 6.58 Å². The van der Waals surface area contributed by atoms with Gasteiger partial charge in [-0.25, -0.2) is 8.78 Å². The molecule has 2 nitrogen and oxygen atoms in total. The molecule has 4 atom stereocenters. The smallest absolute Gasteiger partial charge is 0.850 e. The Bertz CT molecular complexity index is 296. The van der Waals surface area contributed by atoms with Crippen molar-refractivity contribution < 1.29 is 76.8 Å². The van der Waals surface area contributed by atoms with Crippen molar-refractivity contribution in [1.29, 1.82) is 0 Å². The van der Waals surface area contributed by atoms with Gasteiger partial charge in [0.05, 0.1) is 6.10 Å². The summed E-state index contributed by atoms with van der Waals surface area (Å²) in [6.45, 7) is 4.29. The quantitative estimate of drug-likeness (QED) is 0.639. The summed E-state index contributed by atoms with van der Waals surface area (Å²) < 4.78 is 32.5. The first kappa shape index (κ1) is 19.4. The van der Waals surface area contributed by atoms with Crippen LogP contribution in [0.5, 0.6) is 0 Å². The zero-order chi connectivity index (χ0) is 13.8. The van der Waals surface area contributed by atoms with Gasteiger partial charge in [0.2, 0.25) is 0 Å². The van der Waals surface area contributed by atoms with E-state index < -0.39 is 24.6 Å². The van der Waals surface area contributed by atoms with Crippen molar-refractivity contribution in [2.75, 3.05) is 6.61 Å². The van der Waals surface area contributed by atoms with Crippen LogP contribution < -0.4 is 63.3 Å². The first-order valence-electron chi connectivity index (χ1n) is 7.30. The third-order valence-electron chi connectivity index (χ3n) is 4.52. The fraction of sp³-hybridized carbons (Fsp3) is 0.867. The number of hydrogen-bond acceptors (Lipinski definition) is 2. The molecule has 0 radical (unpaired) electrons. The molecule has 0 aromatic carbocycles. The van der Waals surface area contributed by atoms with Gasteiger partial charge in [-0.3, -0.25) is 0 Å². The summed E-state index contributed by atoms with van der Waals surface area (Å²) in [7, 11) is 0. The van der Waals surface area contributed by atoms with E-state index in [1.54, 1.807) is 0 Å². The molecule has 2 rings (SSSR count). The Morgan fingerprint density at radius 2 is 1.70 bits per heavy atom. The van der Waals surface area contributed by atoms with Crippen LogP contribution in [-0.4, -0.2) is 31.2 Å². The summed E-state index contributed by atoms with van der Waals surface area (Å²) in [6.07, 6.45) is 1.05. The van der Waals surface area contributed by atoms with E-state index in [4.69, 9.17) is 4.74 Å². The van der Waals surface area contributed by atoms with Crippen LogP contribution in [0.1, 0.15) is 38.5 Å². The van der Waals surface area contributed by atoms with E-state index in [1.165, 1.54) is 0 Å². The van der Waals surface area contributed by atoms with Crippen molar-refractivity contribution in [2.24, 2.45) is 11.8 Å². The largest absolute Gasteiger partial charge is 1.00 e. The van der Waals surface area contributed by atoms with Crippen molar-refractivity contribution in [1.82, 2.24) is 0 Å². The van der Waals surface area contributed by atoms with Gasteiger partial charge in [0.25, 0.3) is 0 Å². The number of hydrogen-bond donors (Lipinski definition) is 0. The monoisotopic (exact) mass is 358 g/mol. The van der Waals surface area contributed by atoms with Gasteiger partial charge in [0, 0.05) is 6.61 Å². The van der Waals surface area contributed by atoms with Crippen molar-refractivity contribution in [3.63, 3.8) is 0 Å². The predicted octanol–water partition coefficient (Wildman–Crippen LogP) is -0.433. The zero-order valence-corrected chi connectivity index (χ0v) is 17.2. The van der Waals surface area contributed by atoms with E-state index in [1.807, 2.05) is 6.08 Å². The molecule has 2 saturated carbocycles. The molecule has 2 fully saturated rings. The molecule has 2 aliphatic carbocycles. The number of ether oxygens (including phenoxy) is 1. The molecule has 0 spiro atoms. The fourth-order valence-corrected chi connectivity index (χ4v) is 3.08. The standard InChI is InChI=1S/C15H23F2O2.Rb/c1-2-10-3-5-11(6-4-10)9-19-13-8-7-12(18)14(16)15(13)17;/h2,10-15H,1,3-9H2;/q-1;+1. The van der Waals surface area contributed by atoms with Crippen LogP contribution in [0.3, 0.4) is 0 Å². The summed E-state index contributed by atoms with van der Waals surface area (Å²) >= 11 is 0. The zero-order valence-electron chi connectivity index (χ0n) is 12.3. The molecule has 110 valence electrons. The summed E-state index contributed by atoms with van der Waals surface area (Å²) in [5.74, 6) is 1.03. The Kier molecular flexibility index (Phi) is 9.16. The molecule has 5 heteroatoms. The van der Waals surface area contributed by atoms with Gasteiger partial charge in [0.15, 0.2) is 6.17 Å². The van der Waals surface area contributed by atoms with Crippen molar-refractivity contribution >= 4 is 0 Å². The average molecular weight is 359 g/mol. The molecule has 0 aromatic rings. The summed E-state index contributed by atoms with van der Waals surface area (Å²) in [6, 6.07) is 0. The Hall–Kier alpha value is 1.33. The van der Waals surface area contributed by atoms with E-state index in [9.17, 15) is 13.9 Å². The van der Waals surface area contributed by atoms with Crippen LogP contribution in [0.25, 0.3) is 0 Å². The van der Waals surface area contributed by atoms with Crippen LogP contribution >= 0.6 is 0 Å². The van der Waals surface area contributed by atoms with Gasteiger partial charge in [-0.2, -0.15) is 0 Å². The first-order chi connectivity index (χ1) is 9.11. The summed E-state index contributed by atoms with van der Waals surface area (Å²) in [5, 5.41) is 11.1. The van der Waals surface area contributed by atoms with E-state index in [0.29, 0.717) is 24.9 Å². The Balaban J connectivity index is 0.00000200. The summed E-state index contributed by atoms with van der Waals surface area (Å²) in [4.78, 5) is 0. The first-order valence-corrected chi connectivity index (χ1v) is 7.30. The molecule has 20 heavy (non-hydrogen) atoms. The number of rotatable bonds is 4. The van der Waals surface area contributed by atoms with Crippen molar-refractivity contribution in [3.8, 4) is 0 Å². The van der Waals surface area contributed by atoms with Crippen LogP contribution in [0.2, 0.25) is 0 Å². The number of halogens is 2. The predicted molar refractivity (Wildman–Crippen MR) is 68.2 cm³/mol. The van der Waals surface area contributed by atoms with Gasteiger partial charge < -0.3 is 9.84 Å². The van der Waals surface area contributed by atoms with Gasteiger partial charge >= 0.3 is 58.2 Å². The van der Waals surface area contributed by atoms with Gasteiger partial charge in [-0.1, -0.05) is 18.6 Å². The number of alkyl halides is 2. The second-order valence-corrected chi connectivity index (χ2v) is 5.89. The molecule has 0 amide bonds. The molecule has 0 aliphatic heterocycles. The maximum absolute atomic E-state index is 13.6. The Morgan fingerprint density at radius 3 is 2.30 bits per heavy atom. The maximum Gasteiger partial charge on any atom is 1.00 e. The topological polar surface area (TPSA) is 32.3 Å². The minimum absolute atomic E-state index is 0. The normalized spacial score (nSPS) is 41.8. The minimum Gasteiger partial charge on any atom is -0.850 e. The average Bonchev–Trinajstić information content (AvgIpc) is 2.45. The Labute approximate surface area is 169 Å². The van der Waals surface area contributed by atoms with E-state index >= 15 is 0 Å². The van der Waals surface area contributed by atoms with Crippen molar-refractivity contribution in [3.05, 3.63) is 12.7 Å². The molecule has 0 aromatic heterocycles. The molecule has 2 aliphatic rings. The second-order valence-electron chi connectivity index (χ2n) is 5.89. The molecular weight excluding hydrogens is 336 g/mol. The molecule has 0 bridgehead atoms. The van der Waals surface area contributed by atoms with E-state index in [0.717, 1.165) is 25.7 Å². The third-order valence-corrected chi connectivity index (χ3v) is 4.52. The number of allylic oxidation sites excluding steroid dienone is 1. The molecular formula is C15H23F2O2Rb. The maximum atomic E-state index is 13.6. The van der Waals surface area contributed by atoms with Crippen LogP contribution in [-0.2, 0) is 4.74 Å². The molecule has 0 N–H and O–H groups in total. The Morgan fingerprint density at radius 1 is 1.05 bits per heavy atom. The summed E-state index contributed by atoms with van der Waals surface area (Å²) in [5.41, 5.74) is 0. The molecule has 0 heterocycles. The van der Waals surface area contributed by atoms with Gasteiger partial charge in [0.1, 0.15) is 6.17 Å². The van der Waals surface area contributed by atoms with E-state index in [2.05, 4.69) is 6.58 Å². The van der Waals surface area contributed by atoms with E-state index in [-0.39, 0.29) is 64.6 Å². The minimum atomic E-state index is -1.91.